The fourth-order valence-corrected chi connectivity index (χ4v) is 3.63. The average molecular weight is 399 g/mol. The molecule has 3 amide bonds. The molecule has 0 bridgehead atoms. The van der Waals surface area contributed by atoms with E-state index in [1.807, 2.05) is 30.3 Å². The number of hydrogen-bond donors (Lipinski definition) is 2. The first kappa shape index (κ1) is 19.4. The number of carbonyl (C=O) groups excluding carboxylic acids is 3. The predicted molar refractivity (Wildman–Crippen MR) is 117 cm³/mol. The topological polar surface area (TPSA) is 78.5 Å². The first-order valence-corrected chi connectivity index (χ1v) is 9.68. The van der Waals surface area contributed by atoms with Crippen molar-refractivity contribution in [3.8, 4) is 0 Å². The van der Waals surface area contributed by atoms with Crippen LogP contribution in [0.25, 0.3) is 0 Å². The van der Waals surface area contributed by atoms with Gasteiger partial charge in [-0.25, -0.2) is 0 Å². The van der Waals surface area contributed by atoms with Crippen LogP contribution in [0.2, 0.25) is 0 Å². The first-order valence-electron chi connectivity index (χ1n) is 9.68. The van der Waals surface area contributed by atoms with Crippen LogP contribution in [0.3, 0.4) is 0 Å². The Bertz CT molecular complexity index is 1090. The molecule has 0 saturated carbocycles. The smallest absolute Gasteiger partial charge is 0.259 e. The first-order chi connectivity index (χ1) is 14.5. The molecule has 0 spiro atoms. The number of rotatable bonds is 4. The van der Waals surface area contributed by atoms with Crippen molar-refractivity contribution in [1.82, 2.24) is 0 Å². The van der Waals surface area contributed by atoms with Crippen LogP contribution >= 0.6 is 0 Å². The summed E-state index contributed by atoms with van der Waals surface area (Å²) in [4.78, 5) is 39.1. The number of nitrogens with zero attached hydrogens (tertiary/aromatic N) is 1. The zero-order chi connectivity index (χ0) is 21.1. The molecule has 30 heavy (non-hydrogen) atoms. The van der Waals surface area contributed by atoms with Crippen LogP contribution in [0.4, 0.5) is 17.1 Å². The number of nitrogens with one attached hydrogen (secondary N) is 2. The van der Waals surface area contributed by atoms with Gasteiger partial charge >= 0.3 is 0 Å². The molecule has 0 unspecified atom stereocenters. The maximum absolute atomic E-state index is 13.2. The molecule has 6 nitrogen and oxygen atoms in total. The van der Waals surface area contributed by atoms with Gasteiger partial charge in [0.15, 0.2) is 0 Å². The Balaban J connectivity index is 1.58. The van der Waals surface area contributed by atoms with Crippen LogP contribution in [-0.2, 0) is 16.0 Å². The molecule has 0 aliphatic carbocycles. The lowest BCUT2D eigenvalue weighted by molar-refractivity contribution is -0.117. The fraction of sp³-hybridized carbons (Fsp3) is 0.125. The maximum Gasteiger partial charge on any atom is 0.259 e. The lowest BCUT2D eigenvalue weighted by Crippen LogP contribution is -2.45. The van der Waals surface area contributed by atoms with E-state index in [9.17, 15) is 14.4 Å². The van der Waals surface area contributed by atoms with E-state index in [4.69, 9.17) is 0 Å². The van der Waals surface area contributed by atoms with Crippen LogP contribution in [-0.4, -0.2) is 23.8 Å². The number of anilines is 3. The van der Waals surface area contributed by atoms with E-state index < -0.39 is 6.04 Å². The van der Waals surface area contributed by atoms with Gasteiger partial charge in [0.2, 0.25) is 11.8 Å². The van der Waals surface area contributed by atoms with E-state index in [2.05, 4.69) is 10.6 Å². The molecule has 1 aliphatic heterocycles. The van der Waals surface area contributed by atoms with Gasteiger partial charge in [-0.05, 0) is 48.0 Å². The Hall–Kier alpha value is -3.93. The second-order valence-electron chi connectivity index (χ2n) is 7.14. The number of benzene rings is 3. The molecule has 0 radical (unpaired) electrons. The highest BCUT2D eigenvalue weighted by atomic mass is 16.2. The van der Waals surface area contributed by atoms with Crippen molar-refractivity contribution < 1.29 is 14.4 Å². The molecule has 3 aromatic rings. The SMILES string of the molecule is CC(=O)Nc1ccc(NC(=O)[C@H]2Cc3ccccc3N2C(=O)c2ccccc2)cc1. The highest BCUT2D eigenvalue weighted by Gasteiger charge is 2.38. The summed E-state index contributed by atoms with van der Waals surface area (Å²) in [5.41, 5.74) is 3.49. The van der Waals surface area contributed by atoms with Crippen LogP contribution < -0.4 is 15.5 Å². The van der Waals surface area contributed by atoms with E-state index in [1.54, 1.807) is 53.4 Å². The van der Waals surface area contributed by atoms with E-state index in [-0.39, 0.29) is 17.7 Å². The number of carbonyl (C=O) groups is 3. The standard InChI is InChI=1S/C24H21N3O3/c1-16(28)25-19-11-13-20(14-12-19)26-23(29)22-15-18-9-5-6-10-21(18)27(22)24(30)17-7-3-2-4-8-17/h2-14,22H,15H2,1H3,(H,25,28)(H,26,29)/t22-/m1/s1. The molecular weight excluding hydrogens is 378 g/mol. The van der Waals surface area contributed by atoms with Gasteiger partial charge in [0.25, 0.3) is 5.91 Å². The summed E-state index contributed by atoms with van der Waals surface area (Å²) in [6.45, 7) is 1.44. The minimum absolute atomic E-state index is 0.162. The van der Waals surface area contributed by atoms with Crippen molar-refractivity contribution in [2.24, 2.45) is 0 Å². The van der Waals surface area contributed by atoms with Crippen molar-refractivity contribution in [2.75, 3.05) is 15.5 Å². The zero-order valence-electron chi connectivity index (χ0n) is 16.5. The monoisotopic (exact) mass is 399 g/mol. The predicted octanol–water partition coefficient (Wildman–Crippen LogP) is 3.86. The Morgan fingerprint density at radius 2 is 1.40 bits per heavy atom. The summed E-state index contributed by atoms with van der Waals surface area (Å²) >= 11 is 0. The Kier molecular flexibility index (Phi) is 5.30. The molecule has 150 valence electrons. The van der Waals surface area contributed by atoms with E-state index in [0.29, 0.717) is 23.4 Å². The fourth-order valence-electron chi connectivity index (χ4n) is 3.63. The van der Waals surface area contributed by atoms with Gasteiger partial charge in [0.05, 0.1) is 0 Å². The third-order valence-corrected chi connectivity index (χ3v) is 4.99. The largest absolute Gasteiger partial charge is 0.326 e. The Morgan fingerprint density at radius 3 is 2.07 bits per heavy atom. The van der Waals surface area contributed by atoms with E-state index in [0.717, 1.165) is 11.3 Å². The van der Waals surface area contributed by atoms with Crippen LogP contribution in [0.15, 0.2) is 78.9 Å². The molecular formula is C24H21N3O3. The Morgan fingerprint density at radius 1 is 0.800 bits per heavy atom. The summed E-state index contributed by atoms with van der Waals surface area (Å²) in [6, 6.07) is 22.8. The molecule has 1 atom stereocenters. The number of fused-ring (bicyclic) bond motifs is 1. The third kappa shape index (κ3) is 3.93. The van der Waals surface area contributed by atoms with Gasteiger partial charge in [0.1, 0.15) is 6.04 Å². The van der Waals surface area contributed by atoms with Gasteiger partial charge in [0, 0.05) is 36.0 Å². The van der Waals surface area contributed by atoms with Crippen LogP contribution in [0.5, 0.6) is 0 Å². The number of hydrogen-bond acceptors (Lipinski definition) is 3. The van der Waals surface area contributed by atoms with Gasteiger partial charge in [-0.3, -0.25) is 19.3 Å². The van der Waals surface area contributed by atoms with E-state index >= 15 is 0 Å². The molecule has 0 aromatic heterocycles. The van der Waals surface area contributed by atoms with Crippen LogP contribution in [0.1, 0.15) is 22.8 Å². The maximum atomic E-state index is 13.2. The number of amides is 3. The highest BCUT2D eigenvalue weighted by molar-refractivity contribution is 6.13. The van der Waals surface area contributed by atoms with Crippen LogP contribution in [0, 0.1) is 0 Å². The minimum atomic E-state index is -0.648. The van der Waals surface area contributed by atoms with Crippen molar-refractivity contribution in [2.45, 2.75) is 19.4 Å². The van der Waals surface area contributed by atoms with Gasteiger partial charge in [-0.15, -0.1) is 0 Å². The van der Waals surface area contributed by atoms with Crippen molar-refractivity contribution >= 4 is 34.8 Å². The third-order valence-electron chi connectivity index (χ3n) is 4.99. The summed E-state index contributed by atoms with van der Waals surface area (Å²) in [5, 5.41) is 5.58. The second kappa shape index (κ2) is 8.21. The van der Waals surface area contributed by atoms with E-state index in [1.165, 1.54) is 6.92 Å². The van der Waals surface area contributed by atoms with Crippen molar-refractivity contribution in [3.05, 3.63) is 90.0 Å². The molecule has 1 aliphatic rings. The molecule has 6 heteroatoms. The molecule has 3 aromatic carbocycles. The molecule has 0 saturated heterocycles. The molecule has 0 fully saturated rings. The highest BCUT2D eigenvalue weighted by Crippen LogP contribution is 2.34. The zero-order valence-corrected chi connectivity index (χ0v) is 16.5. The van der Waals surface area contributed by atoms with Gasteiger partial charge in [-0.1, -0.05) is 36.4 Å². The average Bonchev–Trinajstić information content (AvgIpc) is 3.14. The minimum Gasteiger partial charge on any atom is -0.326 e. The summed E-state index contributed by atoms with van der Waals surface area (Å²) < 4.78 is 0. The normalized spacial score (nSPS) is 14.7. The number of para-hydroxylation sites is 1. The summed E-state index contributed by atoms with van der Waals surface area (Å²) in [6.07, 6.45) is 0.449. The quantitative estimate of drug-likeness (QED) is 0.699. The van der Waals surface area contributed by atoms with Crippen molar-refractivity contribution in [3.63, 3.8) is 0 Å². The van der Waals surface area contributed by atoms with Gasteiger partial charge < -0.3 is 10.6 Å². The molecule has 1 heterocycles. The molecule has 4 rings (SSSR count). The Labute approximate surface area is 174 Å². The van der Waals surface area contributed by atoms with Crippen molar-refractivity contribution in [1.29, 1.82) is 0 Å². The molecule has 2 N–H and O–H groups in total. The lowest BCUT2D eigenvalue weighted by Gasteiger charge is -2.25. The van der Waals surface area contributed by atoms with Gasteiger partial charge in [-0.2, -0.15) is 0 Å². The summed E-state index contributed by atoms with van der Waals surface area (Å²) in [5.74, 6) is -0.630. The second-order valence-corrected chi connectivity index (χ2v) is 7.14. The summed E-state index contributed by atoms with van der Waals surface area (Å²) in [7, 11) is 0. The lowest BCUT2D eigenvalue weighted by atomic mass is 10.1.